The van der Waals surface area contributed by atoms with Gasteiger partial charge in [0, 0.05) is 17.6 Å². The van der Waals surface area contributed by atoms with Crippen LogP contribution in [0.15, 0.2) is 60.9 Å². The van der Waals surface area contributed by atoms with Crippen molar-refractivity contribution in [3.8, 4) is 5.75 Å². The van der Waals surface area contributed by atoms with Crippen LogP contribution in [-0.4, -0.2) is 18.0 Å². The van der Waals surface area contributed by atoms with Gasteiger partial charge in [-0.25, -0.2) is 0 Å². The number of anilines is 3. The minimum Gasteiger partial charge on any atom is -0.495 e. The van der Waals surface area contributed by atoms with Gasteiger partial charge in [-0.3, -0.25) is 9.78 Å². The molecule has 2 N–H and O–H groups in total. The molecule has 5 nitrogen and oxygen atoms in total. The van der Waals surface area contributed by atoms with Gasteiger partial charge < -0.3 is 15.4 Å². The molecule has 0 aliphatic carbocycles. The molecule has 0 bridgehead atoms. The molecular weight excluding hydrogens is 350 g/mol. The Kier molecular flexibility index (Phi) is 5.39. The number of hydrogen-bond acceptors (Lipinski definition) is 4. The van der Waals surface area contributed by atoms with Gasteiger partial charge in [0.25, 0.3) is 5.91 Å². The van der Waals surface area contributed by atoms with Gasteiger partial charge in [0.15, 0.2) is 0 Å². The Labute approximate surface area is 157 Å². The summed E-state index contributed by atoms with van der Waals surface area (Å²) < 4.78 is 5.11. The summed E-state index contributed by atoms with van der Waals surface area (Å²) in [7, 11) is 1.54. The van der Waals surface area contributed by atoms with Crippen molar-refractivity contribution in [2.75, 3.05) is 17.7 Å². The van der Waals surface area contributed by atoms with Gasteiger partial charge in [0.05, 0.1) is 29.6 Å². The number of carbonyl (C=O) groups is 1. The summed E-state index contributed by atoms with van der Waals surface area (Å²) in [5.41, 5.74) is 3.86. The van der Waals surface area contributed by atoms with Gasteiger partial charge in [-0.1, -0.05) is 29.3 Å². The molecule has 0 fully saturated rings. The lowest BCUT2D eigenvalue weighted by molar-refractivity contribution is 0.102. The molecule has 0 spiro atoms. The molecule has 1 aromatic heterocycles. The first-order chi connectivity index (χ1) is 12.5. The predicted octanol–water partition coefficient (Wildman–Crippen LogP) is 5.05. The second kappa shape index (κ2) is 7.89. The Hall–Kier alpha value is -3.05. The predicted molar refractivity (Wildman–Crippen MR) is 105 cm³/mol. The summed E-state index contributed by atoms with van der Waals surface area (Å²) in [6.45, 7) is 2.03. The molecule has 2 aromatic carbocycles. The number of benzene rings is 2. The summed E-state index contributed by atoms with van der Waals surface area (Å²) in [6.07, 6.45) is 3.18. The van der Waals surface area contributed by atoms with Crippen LogP contribution in [0.3, 0.4) is 0 Å². The number of aryl methyl sites for hydroxylation is 1. The van der Waals surface area contributed by atoms with Crippen molar-refractivity contribution >= 4 is 34.6 Å². The largest absolute Gasteiger partial charge is 0.495 e. The fourth-order valence-corrected chi connectivity index (χ4v) is 2.64. The molecule has 6 heteroatoms. The average Bonchev–Trinajstić information content (AvgIpc) is 2.64. The molecule has 1 heterocycles. The van der Waals surface area contributed by atoms with Gasteiger partial charge in [-0.05, 0) is 43.3 Å². The molecule has 26 heavy (non-hydrogen) atoms. The van der Waals surface area contributed by atoms with E-state index in [-0.39, 0.29) is 5.91 Å². The van der Waals surface area contributed by atoms with E-state index in [1.54, 1.807) is 30.5 Å². The zero-order valence-electron chi connectivity index (χ0n) is 14.4. The lowest BCUT2D eigenvalue weighted by Gasteiger charge is -2.10. The van der Waals surface area contributed by atoms with Crippen LogP contribution in [0.5, 0.6) is 5.75 Å². The highest BCUT2D eigenvalue weighted by molar-refractivity contribution is 6.32. The molecular formula is C20H18ClN3O2. The van der Waals surface area contributed by atoms with E-state index in [0.717, 1.165) is 11.4 Å². The van der Waals surface area contributed by atoms with Crippen LogP contribution in [0.1, 0.15) is 15.9 Å². The normalized spacial score (nSPS) is 10.3. The number of halogens is 1. The summed E-state index contributed by atoms with van der Waals surface area (Å²) in [5.74, 6) is 0.280. The highest BCUT2D eigenvalue weighted by Gasteiger charge is 2.09. The highest BCUT2D eigenvalue weighted by Crippen LogP contribution is 2.27. The molecule has 3 rings (SSSR count). The lowest BCUT2D eigenvalue weighted by atomic mass is 10.2. The van der Waals surface area contributed by atoms with E-state index >= 15 is 0 Å². The molecule has 0 radical (unpaired) electrons. The summed E-state index contributed by atoms with van der Waals surface area (Å²) in [4.78, 5) is 16.6. The molecule has 0 aliphatic rings. The van der Waals surface area contributed by atoms with Crippen LogP contribution in [0.25, 0.3) is 0 Å². The first-order valence-corrected chi connectivity index (χ1v) is 8.36. The third-order valence-corrected chi connectivity index (χ3v) is 4.05. The zero-order chi connectivity index (χ0) is 18.5. The number of pyridine rings is 1. The van der Waals surface area contributed by atoms with E-state index in [0.29, 0.717) is 22.0 Å². The van der Waals surface area contributed by atoms with Crippen molar-refractivity contribution < 1.29 is 9.53 Å². The van der Waals surface area contributed by atoms with Crippen LogP contribution in [0, 0.1) is 6.92 Å². The molecule has 3 aromatic rings. The molecule has 0 atom stereocenters. The van der Waals surface area contributed by atoms with Gasteiger partial charge in [0.2, 0.25) is 0 Å². The Morgan fingerprint density at radius 2 is 1.73 bits per heavy atom. The maximum absolute atomic E-state index is 12.5. The third kappa shape index (κ3) is 4.32. The molecule has 0 unspecified atom stereocenters. The second-order valence-corrected chi connectivity index (χ2v) is 6.16. The van der Waals surface area contributed by atoms with E-state index in [1.165, 1.54) is 18.9 Å². The summed E-state index contributed by atoms with van der Waals surface area (Å²) in [5, 5.41) is 6.47. The fraction of sp³-hybridized carbons (Fsp3) is 0.100. The van der Waals surface area contributed by atoms with Crippen LogP contribution < -0.4 is 15.4 Å². The number of hydrogen-bond donors (Lipinski definition) is 2. The average molecular weight is 368 g/mol. The fourth-order valence-electron chi connectivity index (χ4n) is 2.38. The van der Waals surface area contributed by atoms with Crippen molar-refractivity contribution in [2.45, 2.75) is 6.92 Å². The van der Waals surface area contributed by atoms with E-state index < -0.39 is 0 Å². The number of carbonyl (C=O) groups excluding carboxylic acids is 1. The molecule has 1 amide bonds. The van der Waals surface area contributed by atoms with Crippen LogP contribution in [0.2, 0.25) is 5.02 Å². The Morgan fingerprint density at radius 3 is 2.42 bits per heavy atom. The number of methoxy groups -OCH3 is 1. The van der Waals surface area contributed by atoms with E-state index in [2.05, 4.69) is 15.6 Å². The third-order valence-electron chi connectivity index (χ3n) is 3.75. The summed E-state index contributed by atoms with van der Waals surface area (Å²) in [6, 6.07) is 14.8. The van der Waals surface area contributed by atoms with E-state index in [9.17, 15) is 4.79 Å². The second-order valence-electron chi connectivity index (χ2n) is 5.76. The standard InChI is InChI=1S/C20H18ClN3O2/c1-13-3-5-15(6-4-13)23-17-9-14(11-22-12-17)20(25)24-16-7-8-19(26-2)18(21)10-16/h3-12,23H,1-2H3,(H,24,25). The SMILES string of the molecule is COc1ccc(NC(=O)c2cncc(Nc3ccc(C)cc3)c2)cc1Cl. The monoisotopic (exact) mass is 367 g/mol. The van der Waals surface area contributed by atoms with Crippen LogP contribution in [0.4, 0.5) is 17.1 Å². The van der Waals surface area contributed by atoms with Crippen molar-refractivity contribution in [3.63, 3.8) is 0 Å². The van der Waals surface area contributed by atoms with Gasteiger partial charge in [-0.2, -0.15) is 0 Å². The maximum Gasteiger partial charge on any atom is 0.257 e. The first kappa shape index (κ1) is 17.8. The lowest BCUT2D eigenvalue weighted by Crippen LogP contribution is -2.12. The number of nitrogens with one attached hydrogen (secondary N) is 2. The van der Waals surface area contributed by atoms with Gasteiger partial charge in [-0.15, -0.1) is 0 Å². The minimum atomic E-state index is -0.272. The molecule has 0 saturated carbocycles. The van der Waals surface area contributed by atoms with Gasteiger partial charge >= 0.3 is 0 Å². The first-order valence-electron chi connectivity index (χ1n) is 7.99. The van der Waals surface area contributed by atoms with E-state index in [4.69, 9.17) is 16.3 Å². The highest BCUT2D eigenvalue weighted by atomic mass is 35.5. The molecule has 0 saturated heterocycles. The van der Waals surface area contributed by atoms with Crippen molar-refractivity contribution in [1.29, 1.82) is 0 Å². The maximum atomic E-state index is 12.5. The zero-order valence-corrected chi connectivity index (χ0v) is 15.2. The molecule has 0 aliphatic heterocycles. The number of amides is 1. The van der Waals surface area contributed by atoms with Gasteiger partial charge in [0.1, 0.15) is 5.75 Å². The van der Waals surface area contributed by atoms with E-state index in [1.807, 2.05) is 31.2 Å². The van der Waals surface area contributed by atoms with Crippen LogP contribution >= 0.6 is 11.6 Å². The Balaban J connectivity index is 1.73. The Bertz CT molecular complexity index is 927. The number of ether oxygens (including phenoxy) is 1. The van der Waals surface area contributed by atoms with Crippen molar-refractivity contribution in [1.82, 2.24) is 4.98 Å². The summed E-state index contributed by atoms with van der Waals surface area (Å²) >= 11 is 6.09. The number of rotatable bonds is 5. The Morgan fingerprint density at radius 1 is 1.00 bits per heavy atom. The smallest absolute Gasteiger partial charge is 0.257 e. The van der Waals surface area contributed by atoms with Crippen molar-refractivity contribution in [2.24, 2.45) is 0 Å². The molecule has 132 valence electrons. The van der Waals surface area contributed by atoms with Crippen molar-refractivity contribution in [3.05, 3.63) is 77.1 Å². The quantitative estimate of drug-likeness (QED) is 0.662. The topological polar surface area (TPSA) is 63.2 Å². The minimum absolute atomic E-state index is 0.272. The number of aromatic nitrogens is 1. The number of nitrogens with zero attached hydrogens (tertiary/aromatic N) is 1. The van der Waals surface area contributed by atoms with Crippen LogP contribution in [-0.2, 0) is 0 Å².